The molecule has 0 bridgehead atoms. The Bertz CT molecular complexity index is 941. The molecule has 0 atom stereocenters. The van der Waals surface area contributed by atoms with Gasteiger partial charge in [-0.3, -0.25) is 9.59 Å². The van der Waals surface area contributed by atoms with Gasteiger partial charge >= 0.3 is 11.8 Å². The van der Waals surface area contributed by atoms with E-state index in [2.05, 4.69) is 21.1 Å². The van der Waals surface area contributed by atoms with Gasteiger partial charge in [0.05, 0.1) is 38.9 Å². The summed E-state index contributed by atoms with van der Waals surface area (Å²) in [7, 11) is 0. The van der Waals surface area contributed by atoms with Crippen LogP contribution in [0.3, 0.4) is 0 Å². The molecule has 0 aliphatic heterocycles. The van der Waals surface area contributed by atoms with Crippen LogP contribution in [0.25, 0.3) is 0 Å². The third-order valence-electron chi connectivity index (χ3n) is 4.10. The van der Waals surface area contributed by atoms with Crippen LogP contribution in [0.1, 0.15) is 38.8 Å². The van der Waals surface area contributed by atoms with E-state index in [9.17, 15) is 9.59 Å². The largest absolute Gasteiger partial charge is 0.490 e. The fourth-order valence-corrected chi connectivity index (χ4v) is 2.73. The monoisotopic (exact) mass is 470 g/mol. The molecule has 2 amide bonds. The van der Waals surface area contributed by atoms with E-state index in [0.29, 0.717) is 60.6 Å². The molecule has 182 valence electrons. The molecule has 10 heteroatoms. The van der Waals surface area contributed by atoms with E-state index in [1.165, 1.54) is 12.4 Å². The van der Waals surface area contributed by atoms with Crippen molar-refractivity contribution >= 4 is 24.2 Å². The van der Waals surface area contributed by atoms with Gasteiger partial charge < -0.3 is 18.9 Å². The van der Waals surface area contributed by atoms with Crippen molar-refractivity contribution in [3.05, 3.63) is 47.5 Å². The molecule has 0 aliphatic rings. The number of benzene rings is 2. The van der Waals surface area contributed by atoms with Crippen LogP contribution in [-0.2, 0) is 9.59 Å². The number of ether oxygens (including phenoxy) is 4. The third kappa shape index (κ3) is 8.12. The molecule has 2 rings (SSSR count). The van der Waals surface area contributed by atoms with Crippen LogP contribution in [0.4, 0.5) is 0 Å². The molecular formula is C24H30N4O6. The fourth-order valence-electron chi connectivity index (χ4n) is 2.73. The Kier molecular flexibility index (Phi) is 10.9. The van der Waals surface area contributed by atoms with E-state index >= 15 is 0 Å². The minimum absolute atomic E-state index is 0.474. The molecule has 0 fully saturated rings. The van der Waals surface area contributed by atoms with Crippen LogP contribution in [-0.4, -0.2) is 50.7 Å². The summed E-state index contributed by atoms with van der Waals surface area (Å²) in [6.07, 6.45) is 2.78. The van der Waals surface area contributed by atoms with Crippen LogP contribution in [0.5, 0.6) is 23.0 Å². The minimum Gasteiger partial charge on any atom is -0.490 e. The highest BCUT2D eigenvalue weighted by Gasteiger charge is 2.12. The van der Waals surface area contributed by atoms with Crippen molar-refractivity contribution in [1.82, 2.24) is 10.9 Å². The highest BCUT2D eigenvalue weighted by molar-refractivity contribution is 6.35. The number of carbonyl (C=O) groups excluding carboxylic acids is 2. The van der Waals surface area contributed by atoms with E-state index in [4.69, 9.17) is 18.9 Å². The molecule has 2 aromatic carbocycles. The summed E-state index contributed by atoms with van der Waals surface area (Å²) in [5.74, 6) is 0.423. The quantitative estimate of drug-likeness (QED) is 0.280. The molecule has 0 saturated heterocycles. The van der Waals surface area contributed by atoms with Crippen LogP contribution in [0.2, 0.25) is 0 Å². The molecule has 0 heterocycles. The molecular weight excluding hydrogens is 440 g/mol. The van der Waals surface area contributed by atoms with Crippen molar-refractivity contribution in [2.45, 2.75) is 27.7 Å². The van der Waals surface area contributed by atoms with Crippen LogP contribution in [0.15, 0.2) is 46.6 Å². The Balaban J connectivity index is 1.92. The minimum atomic E-state index is -0.967. The Hall–Kier alpha value is -4.08. The van der Waals surface area contributed by atoms with E-state index in [-0.39, 0.29) is 0 Å². The Morgan fingerprint density at radius 1 is 0.647 bits per heavy atom. The lowest BCUT2D eigenvalue weighted by Crippen LogP contribution is -2.35. The molecule has 34 heavy (non-hydrogen) atoms. The second-order valence-electron chi connectivity index (χ2n) is 6.54. The third-order valence-corrected chi connectivity index (χ3v) is 4.10. The molecule has 2 N–H and O–H groups in total. The van der Waals surface area contributed by atoms with Crippen molar-refractivity contribution < 1.29 is 28.5 Å². The normalized spacial score (nSPS) is 10.8. The molecule has 0 radical (unpaired) electrons. The predicted molar refractivity (Wildman–Crippen MR) is 129 cm³/mol. The van der Waals surface area contributed by atoms with E-state index in [1.54, 1.807) is 36.4 Å². The molecule has 2 aromatic rings. The number of hydrogen-bond acceptors (Lipinski definition) is 8. The van der Waals surface area contributed by atoms with Gasteiger partial charge in [0, 0.05) is 0 Å². The molecule has 0 saturated carbocycles. The maximum atomic E-state index is 11.9. The molecule has 10 nitrogen and oxygen atoms in total. The number of hydrogen-bond donors (Lipinski definition) is 2. The van der Waals surface area contributed by atoms with Crippen molar-refractivity contribution in [1.29, 1.82) is 0 Å². The summed E-state index contributed by atoms with van der Waals surface area (Å²) in [5.41, 5.74) is 5.63. The van der Waals surface area contributed by atoms with Gasteiger partial charge in [-0.1, -0.05) is 0 Å². The Morgan fingerprint density at radius 2 is 1.00 bits per heavy atom. The van der Waals surface area contributed by atoms with Gasteiger partial charge in [-0.05, 0) is 75.2 Å². The first-order valence-corrected chi connectivity index (χ1v) is 11.0. The number of carbonyl (C=O) groups is 2. The first-order valence-electron chi connectivity index (χ1n) is 11.0. The van der Waals surface area contributed by atoms with Crippen LogP contribution in [0, 0.1) is 0 Å². The zero-order chi connectivity index (χ0) is 24.8. The topological polar surface area (TPSA) is 120 Å². The van der Waals surface area contributed by atoms with Crippen molar-refractivity contribution in [2.24, 2.45) is 10.2 Å². The van der Waals surface area contributed by atoms with Gasteiger partial charge in [0.1, 0.15) is 0 Å². The summed E-state index contributed by atoms with van der Waals surface area (Å²) in [4.78, 5) is 23.9. The van der Waals surface area contributed by atoms with Crippen molar-refractivity contribution in [2.75, 3.05) is 26.4 Å². The zero-order valence-electron chi connectivity index (χ0n) is 19.8. The molecule has 0 unspecified atom stereocenters. The summed E-state index contributed by atoms with van der Waals surface area (Å²) in [6.45, 7) is 9.46. The molecule has 0 spiro atoms. The fraction of sp³-hybridized carbons (Fsp3) is 0.333. The number of nitrogens with zero attached hydrogens (tertiary/aromatic N) is 2. The highest BCUT2D eigenvalue weighted by Crippen LogP contribution is 2.28. The Morgan fingerprint density at radius 3 is 1.35 bits per heavy atom. The summed E-state index contributed by atoms with van der Waals surface area (Å²) in [6, 6.07) is 10.4. The average Bonchev–Trinajstić information content (AvgIpc) is 2.82. The molecule has 0 aliphatic carbocycles. The van der Waals surface area contributed by atoms with Crippen molar-refractivity contribution in [3.8, 4) is 23.0 Å². The summed E-state index contributed by atoms with van der Waals surface area (Å²) >= 11 is 0. The highest BCUT2D eigenvalue weighted by atomic mass is 16.5. The van der Waals surface area contributed by atoms with Gasteiger partial charge in [-0.25, -0.2) is 10.9 Å². The maximum absolute atomic E-state index is 11.9. The smallest absolute Gasteiger partial charge is 0.331 e. The number of hydrazone groups is 2. The van der Waals surface area contributed by atoms with E-state index < -0.39 is 11.8 Å². The zero-order valence-corrected chi connectivity index (χ0v) is 19.8. The van der Waals surface area contributed by atoms with E-state index in [0.717, 1.165) is 0 Å². The van der Waals surface area contributed by atoms with Crippen LogP contribution < -0.4 is 29.8 Å². The summed E-state index contributed by atoms with van der Waals surface area (Å²) in [5, 5.41) is 7.60. The van der Waals surface area contributed by atoms with Gasteiger partial charge in [-0.2, -0.15) is 10.2 Å². The average molecular weight is 471 g/mol. The first kappa shape index (κ1) is 26.2. The van der Waals surface area contributed by atoms with Gasteiger partial charge in [0.2, 0.25) is 0 Å². The van der Waals surface area contributed by atoms with Gasteiger partial charge in [-0.15, -0.1) is 0 Å². The van der Waals surface area contributed by atoms with Gasteiger partial charge in [0.15, 0.2) is 23.0 Å². The lowest BCUT2D eigenvalue weighted by Gasteiger charge is -2.11. The van der Waals surface area contributed by atoms with Gasteiger partial charge in [0.25, 0.3) is 0 Å². The summed E-state index contributed by atoms with van der Waals surface area (Å²) < 4.78 is 22.1. The lowest BCUT2D eigenvalue weighted by atomic mass is 10.2. The predicted octanol–water partition coefficient (Wildman–Crippen LogP) is 2.88. The first-order chi connectivity index (χ1) is 16.5. The lowest BCUT2D eigenvalue weighted by molar-refractivity contribution is -0.139. The second kappa shape index (κ2) is 14.1. The number of rotatable bonds is 12. The maximum Gasteiger partial charge on any atom is 0.331 e. The van der Waals surface area contributed by atoms with E-state index in [1.807, 2.05) is 27.7 Å². The number of nitrogens with one attached hydrogen (secondary N) is 2. The molecule has 0 aromatic heterocycles. The number of amides is 2. The standard InChI is InChI=1S/C24H30N4O6/c1-5-31-19-11-9-17(13-21(19)33-7-3)15-25-27-23(29)24(30)28-26-16-18-10-12-20(32-6-2)22(14-18)34-8-4/h9-16H,5-8H2,1-4H3,(H,27,29)(H,28,30). The second-order valence-corrected chi connectivity index (χ2v) is 6.54. The Labute approximate surface area is 198 Å². The van der Waals surface area contributed by atoms with Crippen LogP contribution >= 0.6 is 0 Å². The SMILES string of the molecule is CCOc1ccc(C=NNC(=O)C(=O)NN=Cc2ccc(OCC)c(OCC)c2)cc1OCC. The van der Waals surface area contributed by atoms with Crippen molar-refractivity contribution in [3.63, 3.8) is 0 Å².